The number of hydrogen-bond acceptors (Lipinski definition) is 5. The molecule has 0 amide bonds. The van der Waals surface area contributed by atoms with E-state index in [0.29, 0.717) is 12.8 Å². The number of hydrogen-bond donors (Lipinski definition) is 1. The van der Waals surface area contributed by atoms with Gasteiger partial charge in [-0.05, 0) is 25.0 Å². The zero-order valence-electron chi connectivity index (χ0n) is 17.2. The van der Waals surface area contributed by atoms with E-state index in [1.807, 2.05) is 0 Å². The second kappa shape index (κ2) is 9.09. The summed E-state index contributed by atoms with van der Waals surface area (Å²) in [5.41, 5.74) is -1.71. The highest BCUT2D eigenvalue weighted by molar-refractivity contribution is 7.93. The minimum Gasteiger partial charge on any atom is -0.485 e. The molecule has 2 heterocycles. The fourth-order valence-electron chi connectivity index (χ4n) is 3.14. The summed E-state index contributed by atoms with van der Waals surface area (Å²) in [6.07, 6.45) is -2.78. The first kappa shape index (κ1) is 25.2. The third kappa shape index (κ3) is 5.24. The van der Waals surface area contributed by atoms with Crippen LogP contribution in [0.3, 0.4) is 0 Å². The standard InChI is InChI=1S/C19H19ClF5N3O4S/c1-28-17(30)12(9-26-28)16(29)11-5-6-13(32-10-18(21,22)19(23,24)25)15(14(11)20)27-33(31)7-3-2-4-8-33/h5-6,9,26H,2-4,7-8,10H2,1H3. The normalized spacial score (nSPS) is 16.5. The molecule has 33 heavy (non-hydrogen) atoms. The number of alkyl halides is 5. The molecular formula is C19H19ClF5N3O4S. The number of aromatic nitrogens is 2. The summed E-state index contributed by atoms with van der Waals surface area (Å²) in [6, 6.07) is 1.96. The van der Waals surface area contributed by atoms with Gasteiger partial charge in [-0.3, -0.25) is 14.3 Å². The van der Waals surface area contributed by atoms with E-state index < -0.39 is 56.2 Å². The molecule has 0 saturated carbocycles. The number of aryl methyl sites for hydroxylation is 1. The molecule has 1 aromatic carbocycles. The largest absolute Gasteiger partial charge is 0.485 e. The Bertz CT molecular complexity index is 1230. The van der Waals surface area contributed by atoms with Crippen LogP contribution in [0.5, 0.6) is 5.75 Å². The number of carbonyl (C=O) groups is 1. The van der Waals surface area contributed by atoms with Gasteiger partial charge in [0.05, 0.1) is 14.8 Å². The molecule has 1 aliphatic heterocycles. The molecule has 1 N–H and O–H groups in total. The van der Waals surface area contributed by atoms with Crippen molar-refractivity contribution in [1.82, 2.24) is 9.78 Å². The fraction of sp³-hybridized carbons (Fsp3) is 0.474. The molecule has 0 atom stereocenters. The third-order valence-electron chi connectivity index (χ3n) is 5.01. The van der Waals surface area contributed by atoms with Crippen LogP contribution in [0.1, 0.15) is 35.2 Å². The predicted molar refractivity (Wildman–Crippen MR) is 111 cm³/mol. The van der Waals surface area contributed by atoms with E-state index in [1.54, 1.807) is 0 Å². The van der Waals surface area contributed by atoms with Gasteiger partial charge in [0.15, 0.2) is 6.61 Å². The number of aromatic amines is 1. The average Bonchev–Trinajstić information content (AvgIpc) is 3.06. The van der Waals surface area contributed by atoms with Crippen LogP contribution < -0.4 is 10.3 Å². The van der Waals surface area contributed by atoms with Crippen LogP contribution in [0.15, 0.2) is 27.5 Å². The molecule has 3 rings (SSSR count). The zero-order valence-corrected chi connectivity index (χ0v) is 18.8. The average molecular weight is 516 g/mol. The molecule has 0 spiro atoms. The number of nitrogens with one attached hydrogen (secondary N) is 1. The lowest BCUT2D eigenvalue weighted by atomic mass is 10.0. The summed E-state index contributed by atoms with van der Waals surface area (Å²) < 4.78 is 87.3. The Labute approximate surface area is 190 Å². The lowest BCUT2D eigenvalue weighted by molar-refractivity contribution is -0.289. The first-order valence-corrected chi connectivity index (χ1v) is 11.9. The van der Waals surface area contributed by atoms with Gasteiger partial charge >= 0.3 is 12.1 Å². The van der Waals surface area contributed by atoms with Gasteiger partial charge in [-0.15, -0.1) is 0 Å². The minimum absolute atomic E-state index is 0.165. The molecule has 2 aromatic rings. The van der Waals surface area contributed by atoms with Gasteiger partial charge < -0.3 is 9.84 Å². The summed E-state index contributed by atoms with van der Waals surface area (Å²) in [5, 5.41) is 2.04. The van der Waals surface area contributed by atoms with Gasteiger partial charge in [0.1, 0.15) is 17.0 Å². The van der Waals surface area contributed by atoms with Crippen LogP contribution in [-0.2, 0) is 16.8 Å². The van der Waals surface area contributed by atoms with Gasteiger partial charge in [0.25, 0.3) is 5.56 Å². The topological polar surface area (TPSA) is 93.5 Å². The Balaban J connectivity index is 2.10. The van der Waals surface area contributed by atoms with Crippen LogP contribution in [-0.4, -0.2) is 50.0 Å². The summed E-state index contributed by atoms with van der Waals surface area (Å²) in [6.45, 7) is -2.07. The maximum atomic E-state index is 13.4. The molecule has 1 aromatic heterocycles. The molecular weight excluding hydrogens is 497 g/mol. The van der Waals surface area contributed by atoms with Crippen molar-refractivity contribution in [3.8, 4) is 5.75 Å². The molecule has 1 aliphatic rings. The van der Waals surface area contributed by atoms with Gasteiger partial charge in [0.2, 0.25) is 5.78 Å². The van der Waals surface area contributed by atoms with E-state index in [2.05, 4.69) is 9.46 Å². The van der Waals surface area contributed by atoms with Crippen LogP contribution in [0.25, 0.3) is 0 Å². The van der Waals surface area contributed by atoms with Crippen LogP contribution in [0.2, 0.25) is 5.02 Å². The molecule has 7 nitrogen and oxygen atoms in total. The Morgan fingerprint density at radius 2 is 1.82 bits per heavy atom. The molecule has 14 heteroatoms. The van der Waals surface area contributed by atoms with Crippen LogP contribution in [0, 0.1) is 0 Å². The minimum atomic E-state index is -5.85. The van der Waals surface area contributed by atoms with Crippen LogP contribution in [0.4, 0.5) is 27.6 Å². The van der Waals surface area contributed by atoms with Crippen molar-refractivity contribution in [2.24, 2.45) is 11.4 Å². The summed E-state index contributed by atoms with van der Waals surface area (Å²) in [7, 11) is -1.55. The van der Waals surface area contributed by atoms with E-state index in [4.69, 9.17) is 16.3 Å². The number of halogens is 6. The van der Waals surface area contributed by atoms with Gasteiger partial charge in [-0.2, -0.15) is 26.3 Å². The second-order valence-electron chi connectivity index (χ2n) is 7.48. The van der Waals surface area contributed by atoms with Crippen molar-refractivity contribution in [2.45, 2.75) is 31.4 Å². The van der Waals surface area contributed by atoms with Crippen molar-refractivity contribution in [2.75, 3.05) is 18.1 Å². The van der Waals surface area contributed by atoms with Crippen molar-refractivity contribution in [1.29, 1.82) is 0 Å². The number of ether oxygens (including phenoxy) is 1. The Morgan fingerprint density at radius 3 is 2.36 bits per heavy atom. The molecule has 0 bridgehead atoms. The third-order valence-corrected chi connectivity index (χ3v) is 7.76. The molecule has 0 unspecified atom stereocenters. The number of ketones is 1. The van der Waals surface area contributed by atoms with Crippen LogP contribution >= 0.6 is 11.6 Å². The van der Waals surface area contributed by atoms with Crippen molar-refractivity contribution < 1.29 is 35.7 Å². The highest BCUT2D eigenvalue weighted by Crippen LogP contribution is 2.42. The van der Waals surface area contributed by atoms with Crippen molar-refractivity contribution in [3.05, 3.63) is 44.8 Å². The lowest BCUT2D eigenvalue weighted by Gasteiger charge is -2.21. The molecule has 182 valence electrons. The fourth-order valence-corrected chi connectivity index (χ4v) is 5.68. The highest BCUT2D eigenvalue weighted by atomic mass is 35.5. The first-order chi connectivity index (χ1) is 15.3. The quantitative estimate of drug-likeness (QED) is 0.454. The number of benzene rings is 1. The molecule has 0 radical (unpaired) electrons. The number of rotatable bonds is 6. The summed E-state index contributed by atoms with van der Waals surface area (Å²) in [4.78, 5) is 25.0. The van der Waals surface area contributed by atoms with E-state index in [0.717, 1.165) is 29.4 Å². The van der Waals surface area contributed by atoms with E-state index >= 15 is 0 Å². The SMILES string of the molecule is Cn1[nH]cc(C(=O)c2ccc(OCC(F)(F)C(F)(F)F)c(N=S3(=O)CCCCC3)c2Cl)c1=O. The van der Waals surface area contributed by atoms with Gasteiger partial charge in [-0.1, -0.05) is 18.0 Å². The van der Waals surface area contributed by atoms with E-state index in [9.17, 15) is 35.8 Å². The molecule has 1 fully saturated rings. The maximum absolute atomic E-state index is 13.4. The van der Waals surface area contributed by atoms with E-state index in [1.165, 1.54) is 7.05 Å². The zero-order chi connectivity index (χ0) is 24.6. The summed E-state index contributed by atoms with van der Waals surface area (Å²) >= 11 is 6.29. The predicted octanol–water partition coefficient (Wildman–Crippen LogP) is 4.46. The van der Waals surface area contributed by atoms with Crippen molar-refractivity contribution in [3.63, 3.8) is 0 Å². The smallest absolute Gasteiger partial charge is 0.456 e. The summed E-state index contributed by atoms with van der Waals surface area (Å²) in [5.74, 6) is -6.27. The second-order valence-corrected chi connectivity index (χ2v) is 10.4. The number of nitrogens with zero attached hydrogens (tertiary/aromatic N) is 2. The van der Waals surface area contributed by atoms with Gasteiger partial charge in [-0.25, -0.2) is 4.21 Å². The number of carbonyl (C=O) groups excluding carboxylic acids is 1. The monoisotopic (exact) mass is 515 g/mol. The Morgan fingerprint density at radius 1 is 1.18 bits per heavy atom. The molecule has 1 saturated heterocycles. The Hall–Kier alpha value is -2.41. The van der Waals surface area contributed by atoms with Gasteiger partial charge in [0, 0.05) is 30.3 Å². The molecule has 0 aliphatic carbocycles. The maximum Gasteiger partial charge on any atom is 0.456 e. The Kier molecular flexibility index (Phi) is 6.94. The van der Waals surface area contributed by atoms with Crippen molar-refractivity contribution >= 4 is 32.8 Å². The lowest BCUT2D eigenvalue weighted by Crippen LogP contribution is -2.41. The highest BCUT2D eigenvalue weighted by Gasteiger charge is 2.58. The van der Waals surface area contributed by atoms with E-state index in [-0.39, 0.29) is 22.6 Å². The first-order valence-electron chi connectivity index (χ1n) is 9.67. The number of H-pyrrole nitrogens is 1.